The van der Waals surface area contributed by atoms with Crippen molar-refractivity contribution < 1.29 is 53.5 Å². The summed E-state index contributed by atoms with van der Waals surface area (Å²) in [6.45, 7) is 23.5. The number of nitrogens with zero attached hydrogens (tertiary/aromatic N) is 2. The molecule has 8 atom stereocenters. The van der Waals surface area contributed by atoms with E-state index in [-0.39, 0.29) is 42.0 Å². The first-order chi connectivity index (χ1) is 31.6. The van der Waals surface area contributed by atoms with Gasteiger partial charge in [-0.05, 0) is 122 Å². The molecule has 0 bridgehead atoms. The number of piperidine rings is 2. The van der Waals surface area contributed by atoms with Crippen molar-refractivity contribution in [2.24, 2.45) is 35.5 Å². The Hall–Kier alpha value is -3.57. The molecule has 67 heavy (non-hydrogen) atoms. The second-order valence-corrected chi connectivity index (χ2v) is 20.6. The Morgan fingerprint density at radius 2 is 1.06 bits per heavy atom. The number of aliphatic hydroxyl groups is 1. The Morgan fingerprint density at radius 3 is 1.45 bits per heavy atom. The van der Waals surface area contributed by atoms with Gasteiger partial charge in [-0.2, -0.15) is 0 Å². The molecule has 0 radical (unpaired) electrons. The first-order valence-electron chi connectivity index (χ1n) is 24.6. The molecule has 2 saturated heterocycles. The lowest BCUT2D eigenvalue weighted by Gasteiger charge is -2.47. The number of carboxylic acid groups (broad SMARTS) is 1. The van der Waals surface area contributed by atoms with Gasteiger partial charge in [0.2, 0.25) is 0 Å². The highest BCUT2D eigenvalue weighted by atomic mass is 16.5. The van der Waals surface area contributed by atoms with Crippen LogP contribution in [0.4, 0.5) is 0 Å². The number of esters is 1. The number of benzene rings is 2. The number of hydrogen-bond acceptors (Lipinski definition) is 14. The van der Waals surface area contributed by atoms with Crippen molar-refractivity contribution in [2.75, 3.05) is 54.6 Å². The number of rotatable bonds is 17. The Bertz CT molecular complexity index is 1890. The highest BCUT2D eigenvalue weighted by Gasteiger charge is 2.43. The molecule has 0 amide bonds. The SMILES string of the molecule is CB(O)N[C@H](C(=O)O)C(C)C.COc1cc2c(cc1OC)[C@H]1C[C@@H](O)[C@H](CC(C)C)CN1CC2.COc1cc2c(cc1OC)[C@H]1C[C@@H](OC(=O)[C@@H](NB(C)O)C(C)C)[C@H](CC(C)C)CN1CC2. The number of carbonyl (C=O) groups is 2. The van der Waals surface area contributed by atoms with Gasteiger partial charge >= 0.3 is 26.0 Å². The van der Waals surface area contributed by atoms with E-state index in [1.54, 1.807) is 49.1 Å². The summed E-state index contributed by atoms with van der Waals surface area (Å²) in [6.07, 6.45) is 5.31. The van der Waals surface area contributed by atoms with E-state index in [1.165, 1.54) is 29.1 Å². The maximum atomic E-state index is 13.2. The third kappa shape index (κ3) is 15.2. The van der Waals surface area contributed by atoms with Crippen LogP contribution in [-0.4, -0.2) is 135 Å². The minimum atomic E-state index is -0.930. The zero-order valence-electron chi connectivity index (χ0n) is 43.0. The van der Waals surface area contributed by atoms with Crippen molar-refractivity contribution in [3.63, 3.8) is 0 Å². The Balaban J connectivity index is 0.000000249. The predicted octanol–water partition coefficient (Wildman–Crippen LogP) is 6.13. The van der Waals surface area contributed by atoms with E-state index in [4.69, 9.17) is 33.8 Å². The molecule has 0 aromatic heterocycles. The van der Waals surface area contributed by atoms with Crippen LogP contribution in [0.2, 0.25) is 13.6 Å². The lowest BCUT2D eigenvalue weighted by molar-refractivity contribution is -0.161. The summed E-state index contributed by atoms with van der Waals surface area (Å²) in [4.78, 5) is 28.8. The molecule has 0 unspecified atom stereocenters. The molecular weight excluding hydrogens is 854 g/mol. The minimum absolute atomic E-state index is 0.0165. The zero-order valence-corrected chi connectivity index (χ0v) is 43.0. The van der Waals surface area contributed by atoms with Crippen molar-refractivity contribution in [3.05, 3.63) is 46.5 Å². The molecule has 2 aromatic rings. The van der Waals surface area contributed by atoms with Gasteiger partial charge < -0.3 is 54.4 Å². The third-order valence-corrected chi connectivity index (χ3v) is 13.7. The van der Waals surface area contributed by atoms with Crippen molar-refractivity contribution in [3.8, 4) is 23.0 Å². The van der Waals surface area contributed by atoms with E-state index >= 15 is 0 Å². The number of fused-ring (bicyclic) bond motifs is 6. The van der Waals surface area contributed by atoms with Gasteiger partial charge in [0.25, 0.3) is 0 Å². The molecule has 2 aromatic carbocycles. The van der Waals surface area contributed by atoms with E-state index in [0.29, 0.717) is 23.8 Å². The number of methoxy groups -OCH3 is 4. The average molecular weight is 939 g/mol. The highest BCUT2D eigenvalue weighted by molar-refractivity contribution is 6.46. The molecule has 4 aliphatic heterocycles. The number of hydrogen-bond donors (Lipinski definition) is 6. The molecule has 0 spiro atoms. The molecule has 15 nitrogen and oxygen atoms in total. The molecule has 0 aliphatic carbocycles. The summed E-state index contributed by atoms with van der Waals surface area (Å²) in [7, 11) is 5.14. The van der Waals surface area contributed by atoms with Crippen LogP contribution in [0.25, 0.3) is 0 Å². The molecule has 376 valence electrons. The van der Waals surface area contributed by atoms with Crippen LogP contribution >= 0.6 is 0 Å². The highest BCUT2D eigenvalue weighted by Crippen LogP contribution is 2.46. The molecule has 17 heteroatoms. The Labute approximate surface area is 402 Å². The quantitative estimate of drug-likeness (QED) is 0.0784. The topological polar surface area (TPSA) is 192 Å². The molecule has 6 rings (SSSR count). The van der Waals surface area contributed by atoms with Crippen LogP contribution in [0.3, 0.4) is 0 Å². The van der Waals surface area contributed by atoms with E-state index in [2.05, 4.69) is 72.2 Å². The van der Waals surface area contributed by atoms with Crippen molar-refractivity contribution >= 4 is 26.0 Å². The van der Waals surface area contributed by atoms with Gasteiger partial charge in [-0.1, -0.05) is 55.4 Å². The van der Waals surface area contributed by atoms with E-state index in [1.807, 2.05) is 13.8 Å². The predicted molar refractivity (Wildman–Crippen MR) is 265 cm³/mol. The summed E-state index contributed by atoms with van der Waals surface area (Å²) < 4.78 is 28.2. The lowest BCUT2D eigenvalue weighted by Crippen LogP contribution is -2.53. The average Bonchev–Trinajstić information content (AvgIpc) is 3.26. The number of carboxylic acids is 1. The van der Waals surface area contributed by atoms with Crippen LogP contribution in [0.15, 0.2) is 24.3 Å². The molecule has 6 N–H and O–H groups in total. The van der Waals surface area contributed by atoms with E-state index < -0.39 is 32.2 Å². The van der Waals surface area contributed by atoms with Crippen LogP contribution < -0.4 is 29.4 Å². The molecule has 4 aliphatic rings. The summed E-state index contributed by atoms with van der Waals surface area (Å²) >= 11 is 0. The van der Waals surface area contributed by atoms with Crippen molar-refractivity contribution in [1.29, 1.82) is 0 Å². The fourth-order valence-corrected chi connectivity index (χ4v) is 10.5. The summed E-state index contributed by atoms with van der Waals surface area (Å²) in [5.74, 6) is 3.69. The fraction of sp³-hybridized carbons (Fsp3) is 0.720. The lowest BCUT2D eigenvalue weighted by atomic mass is 9.79. The minimum Gasteiger partial charge on any atom is -0.493 e. The first kappa shape index (κ1) is 56.0. The number of carbonyl (C=O) groups excluding carboxylic acids is 1. The molecule has 4 heterocycles. The van der Waals surface area contributed by atoms with Gasteiger partial charge in [-0.15, -0.1) is 0 Å². The van der Waals surface area contributed by atoms with Gasteiger partial charge in [-0.25, -0.2) is 0 Å². The molecule has 2 fully saturated rings. The van der Waals surface area contributed by atoms with Crippen LogP contribution in [-0.2, 0) is 27.2 Å². The van der Waals surface area contributed by atoms with Gasteiger partial charge in [0.1, 0.15) is 18.2 Å². The van der Waals surface area contributed by atoms with Gasteiger partial charge in [0.15, 0.2) is 23.0 Å². The standard InChI is InChI=1S/C25H41BN2O5.C19H29NO3.C6H14BNO3/c1-15(2)10-18-14-28-9-8-17-11-22(31-6)23(32-7)12-19(17)20(28)13-21(18)33-25(29)24(16(3)4)27-26(5)30;1-12(2)7-14-11-20-6-5-13-8-18(22-3)19(23-4)9-15(13)16(20)10-17(14)21;1-4(2)5(6(9)10)8-7(3)11/h11-12,15-16,18,20-21,24,27,30H,8-10,13-14H2,1-7H3;8-9,12,14,16-17,21H,5-7,10-11H2,1-4H3;4-5,8,11H,1-3H3,(H,9,10)/t18-,20-,21-,24+;14-,16-,17-;5-/m110/s1. The largest absolute Gasteiger partial charge is 0.493 e. The van der Waals surface area contributed by atoms with E-state index in [9.17, 15) is 19.7 Å². The smallest absolute Gasteiger partial charge is 0.374 e. The van der Waals surface area contributed by atoms with Crippen molar-refractivity contribution in [2.45, 2.75) is 144 Å². The number of ether oxygens (including phenoxy) is 5. The number of aliphatic carboxylic acids is 1. The molecule has 0 saturated carbocycles. The number of nitrogens with one attached hydrogen (secondary N) is 2. The normalized spacial score (nSPS) is 23.2. The van der Waals surface area contributed by atoms with Gasteiger partial charge in [0.05, 0.1) is 34.5 Å². The second-order valence-electron chi connectivity index (χ2n) is 20.6. The van der Waals surface area contributed by atoms with Crippen molar-refractivity contribution in [1.82, 2.24) is 20.3 Å². The monoisotopic (exact) mass is 939 g/mol. The third-order valence-electron chi connectivity index (χ3n) is 13.7. The van der Waals surface area contributed by atoms with Crippen LogP contribution in [0.1, 0.15) is 115 Å². The summed E-state index contributed by atoms with van der Waals surface area (Å²) in [5.41, 5.74) is 5.15. The van der Waals surface area contributed by atoms with Gasteiger partial charge in [0, 0.05) is 50.6 Å². The Kier molecular flexibility index (Phi) is 21.6. The maximum Gasteiger partial charge on any atom is 0.374 e. The second kappa shape index (κ2) is 25.9. The van der Waals surface area contributed by atoms with E-state index in [0.717, 1.165) is 87.7 Å². The Morgan fingerprint density at radius 1 is 0.657 bits per heavy atom. The van der Waals surface area contributed by atoms with Crippen LogP contribution in [0, 0.1) is 35.5 Å². The van der Waals surface area contributed by atoms with Gasteiger partial charge in [-0.3, -0.25) is 19.4 Å². The fourth-order valence-electron chi connectivity index (χ4n) is 10.5. The molecular formula is C50H84B2N4O11. The summed E-state index contributed by atoms with van der Waals surface area (Å²) in [5, 5.41) is 43.4. The maximum absolute atomic E-state index is 13.2. The number of aliphatic hydroxyl groups excluding tert-OH is 1. The first-order valence-corrected chi connectivity index (χ1v) is 24.6. The zero-order chi connectivity index (χ0) is 49.9. The van der Waals surface area contributed by atoms with Crippen LogP contribution in [0.5, 0.6) is 23.0 Å². The summed E-state index contributed by atoms with van der Waals surface area (Å²) in [6, 6.07) is 7.68.